The van der Waals surface area contributed by atoms with Gasteiger partial charge in [0, 0.05) is 24.5 Å². The smallest absolute Gasteiger partial charge is 0.272 e. The Morgan fingerprint density at radius 1 is 1.30 bits per heavy atom. The quantitative estimate of drug-likeness (QED) is 0.733. The maximum absolute atomic E-state index is 13.4. The number of hydroxylamine groups is 1. The first-order chi connectivity index (χ1) is 12.8. The summed E-state index contributed by atoms with van der Waals surface area (Å²) in [5.74, 6) is -2.38. The van der Waals surface area contributed by atoms with Gasteiger partial charge in [-0.15, -0.1) is 0 Å². The van der Waals surface area contributed by atoms with E-state index in [1.54, 1.807) is 0 Å². The van der Waals surface area contributed by atoms with Crippen LogP contribution in [0.25, 0.3) is 0 Å². The van der Waals surface area contributed by atoms with Gasteiger partial charge < -0.3 is 14.9 Å². The molecule has 146 valence electrons. The second-order valence-corrected chi connectivity index (χ2v) is 6.59. The summed E-state index contributed by atoms with van der Waals surface area (Å²) in [6.07, 6.45) is -0.405. The van der Waals surface area contributed by atoms with Gasteiger partial charge in [-0.1, -0.05) is 5.16 Å². The van der Waals surface area contributed by atoms with Crippen molar-refractivity contribution in [3.8, 4) is 0 Å². The van der Waals surface area contributed by atoms with Crippen molar-refractivity contribution in [1.82, 2.24) is 10.8 Å². The molecule has 0 unspecified atom stereocenters. The van der Waals surface area contributed by atoms with E-state index < -0.39 is 35.2 Å². The van der Waals surface area contributed by atoms with Crippen LogP contribution >= 0.6 is 0 Å². The highest BCUT2D eigenvalue weighted by molar-refractivity contribution is 6.05. The standard InChI is InChI=1S/C17H19F2N3O5/c1-17(7-13(21-27-17)9-3-10(18)5-11(19)4-9)16(24)20-12-6-14(26-8-12)15(23)22-25-2/h3-5,12,14H,6-8H2,1-2H3,(H,20,24)(H,22,23)/t12-,14-,17+/m0/s1. The number of carbonyl (C=O) groups excluding carboxylic acids is 2. The summed E-state index contributed by atoms with van der Waals surface area (Å²) >= 11 is 0. The van der Waals surface area contributed by atoms with E-state index in [0.29, 0.717) is 0 Å². The minimum absolute atomic E-state index is 0.0445. The third kappa shape index (κ3) is 4.22. The maximum Gasteiger partial charge on any atom is 0.272 e. The summed E-state index contributed by atoms with van der Waals surface area (Å²) in [5, 5.41) is 6.57. The topological polar surface area (TPSA) is 98.3 Å². The zero-order chi connectivity index (χ0) is 19.6. The molecular weight excluding hydrogens is 364 g/mol. The second kappa shape index (κ2) is 7.57. The van der Waals surface area contributed by atoms with Gasteiger partial charge in [-0.3, -0.25) is 14.4 Å². The third-order valence-electron chi connectivity index (χ3n) is 4.37. The molecule has 0 aliphatic carbocycles. The number of ether oxygens (including phenoxy) is 1. The maximum atomic E-state index is 13.4. The van der Waals surface area contributed by atoms with Crippen LogP contribution in [0.1, 0.15) is 25.3 Å². The van der Waals surface area contributed by atoms with Crippen molar-refractivity contribution in [3.63, 3.8) is 0 Å². The fraction of sp³-hybridized carbons (Fsp3) is 0.471. The predicted octanol–water partition coefficient (Wildman–Crippen LogP) is 0.799. The Balaban J connectivity index is 1.59. The van der Waals surface area contributed by atoms with Gasteiger partial charge in [-0.2, -0.15) is 0 Å². The molecule has 2 N–H and O–H groups in total. The van der Waals surface area contributed by atoms with E-state index in [1.807, 2.05) is 0 Å². The average molecular weight is 383 g/mol. The Kier molecular flexibility index (Phi) is 5.38. The molecule has 2 amide bonds. The molecule has 2 aliphatic rings. The van der Waals surface area contributed by atoms with Crippen LogP contribution in [0.4, 0.5) is 8.78 Å². The minimum atomic E-state index is -1.33. The van der Waals surface area contributed by atoms with Crippen LogP contribution in [0, 0.1) is 11.6 Å². The van der Waals surface area contributed by atoms with E-state index in [-0.39, 0.29) is 36.8 Å². The fourth-order valence-electron chi connectivity index (χ4n) is 2.95. The van der Waals surface area contributed by atoms with Crippen molar-refractivity contribution in [3.05, 3.63) is 35.4 Å². The van der Waals surface area contributed by atoms with Crippen molar-refractivity contribution in [1.29, 1.82) is 0 Å². The van der Waals surface area contributed by atoms with Crippen LogP contribution in [0.15, 0.2) is 23.4 Å². The monoisotopic (exact) mass is 383 g/mol. The normalized spacial score (nSPS) is 27.0. The number of benzene rings is 1. The highest BCUT2D eigenvalue weighted by atomic mass is 19.1. The number of rotatable bonds is 5. The molecule has 0 radical (unpaired) electrons. The first-order valence-electron chi connectivity index (χ1n) is 8.27. The lowest BCUT2D eigenvalue weighted by Gasteiger charge is -2.22. The number of carbonyl (C=O) groups is 2. The number of hydrogen-bond acceptors (Lipinski definition) is 6. The number of nitrogens with zero attached hydrogens (tertiary/aromatic N) is 1. The van der Waals surface area contributed by atoms with Gasteiger partial charge in [0.1, 0.15) is 17.7 Å². The summed E-state index contributed by atoms with van der Waals surface area (Å²) < 4.78 is 32.1. The number of halogens is 2. The Morgan fingerprint density at radius 2 is 2.00 bits per heavy atom. The van der Waals surface area contributed by atoms with E-state index >= 15 is 0 Å². The number of amides is 2. The predicted molar refractivity (Wildman–Crippen MR) is 88.4 cm³/mol. The van der Waals surface area contributed by atoms with Gasteiger partial charge in [0.2, 0.25) is 5.60 Å². The Morgan fingerprint density at radius 3 is 2.67 bits per heavy atom. The van der Waals surface area contributed by atoms with Crippen molar-refractivity contribution in [2.24, 2.45) is 5.16 Å². The second-order valence-electron chi connectivity index (χ2n) is 6.59. The van der Waals surface area contributed by atoms with E-state index in [0.717, 1.165) is 18.2 Å². The zero-order valence-corrected chi connectivity index (χ0v) is 14.8. The molecule has 3 rings (SSSR count). The molecule has 2 aliphatic heterocycles. The third-order valence-corrected chi connectivity index (χ3v) is 4.37. The molecule has 0 aromatic heterocycles. The Labute approximate surface area is 153 Å². The van der Waals surface area contributed by atoms with Gasteiger partial charge in [0.15, 0.2) is 0 Å². The van der Waals surface area contributed by atoms with Crippen LogP contribution in [-0.2, 0) is 24.0 Å². The molecule has 1 aromatic carbocycles. The Hall–Kier alpha value is -2.59. The largest absolute Gasteiger partial charge is 0.379 e. The molecule has 10 heteroatoms. The summed E-state index contributed by atoms with van der Waals surface area (Å²) in [7, 11) is 1.31. The molecule has 1 saturated heterocycles. The van der Waals surface area contributed by atoms with Crippen LogP contribution in [0.3, 0.4) is 0 Å². The van der Waals surface area contributed by atoms with Gasteiger partial charge in [-0.05, 0) is 19.1 Å². The van der Waals surface area contributed by atoms with Crippen molar-refractivity contribution in [2.45, 2.75) is 37.5 Å². The van der Waals surface area contributed by atoms with Crippen molar-refractivity contribution in [2.75, 3.05) is 13.7 Å². The van der Waals surface area contributed by atoms with Crippen molar-refractivity contribution < 1.29 is 32.8 Å². The fourth-order valence-corrected chi connectivity index (χ4v) is 2.95. The molecule has 1 aromatic rings. The lowest BCUT2D eigenvalue weighted by Crippen LogP contribution is -2.49. The minimum Gasteiger partial charge on any atom is -0.379 e. The van der Waals surface area contributed by atoms with E-state index in [4.69, 9.17) is 9.57 Å². The molecule has 0 saturated carbocycles. The molecule has 27 heavy (non-hydrogen) atoms. The Bertz CT molecular complexity index is 768. The molecular formula is C17H19F2N3O5. The van der Waals surface area contributed by atoms with Crippen LogP contribution < -0.4 is 10.8 Å². The molecule has 8 nitrogen and oxygen atoms in total. The van der Waals surface area contributed by atoms with Gasteiger partial charge in [-0.25, -0.2) is 14.3 Å². The summed E-state index contributed by atoms with van der Waals surface area (Å²) in [5.41, 5.74) is 1.33. The summed E-state index contributed by atoms with van der Waals surface area (Å²) in [6.45, 7) is 1.69. The first-order valence-corrected chi connectivity index (χ1v) is 8.27. The summed E-state index contributed by atoms with van der Waals surface area (Å²) in [4.78, 5) is 34.1. The lowest BCUT2D eigenvalue weighted by atomic mass is 9.94. The molecule has 0 spiro atoms. The number of nitrogens with one attached hydrogen (secondary N) is 2. The van der Waals surface area contributed by atoms with E-state index in [2.05, 4.69) is 20.8 Å². The van der Waals surface area contributed by atoms with E-state index in [1.165, 1.54) is 14.0 Å². The van der Waals surface area contributed by atoms with Crippen LogP contribution in [0.5, 0.6) is 0 Å². The number of hydrogen-bond donors (Lipinski definition) is 2. The molecule has 3 atom stereocenters. The lowest BCUT2D eigenvalue weighted by molar-refractivity contribution is -0.142. The SMILES string of the molecule is CONC(=O)[C@@H]1C[C@H](NC(=O)[C@@]2(C)CC(c3cc(F)cc(F)c3)=NO2)CO1. The first kappa shape index (κ1) is 19.2. The number of oxime groups is 1. The molecule has 1 fully saturated rings. The zero-order valence-electron chi connectivity index (χ0n) is 14.8. The summed E-state index contributed by atoms with van der Waals surface area (Å²) in [6, 6.07) is 2.61. The average Bonchev–Trinajstić information content (AvgIpc) is 3.22. The van der Waals surface area contributed by atoms with Gasteiger partial charge in [0.05, 0.1) is 25.5 Å². The van der Waals surface area contributed by atoms with E-state index in [9.17, 15) is 18.4 Å². The highest BCUT2D eigenvalue weighted by Crippen LogP contribution is 2.28. The molecule has 2 heterocycles. The van der Waals surface area contributed by atoms with Gasteiger partial charge in [0.25, 0.3) is 11.8 Å². The molecule has 0 bridgehead atoms. The highest BCUT2D eigenvalue weighted by Gasteiger charge is 2.44. The van der Waals surface area contributed by atoms with Crippen LogP contribution in [-0.4, -0.2) is 49.0 Å². The van der Waals surface area contributed by atoms with Crippen LogP contribution in [0.2, 0.25) is 0 Å². The van der Waals surface area contributed by atoms with Gasteiger partial charge >= 0.3 is 0 Å². The van der Waals surface area contributed by atoms with Crippen molar-refractivity contribution >= 4 is 17.5 Å².